The van der Waals surface area contributed by atoms with Crippen LogP contribution in [0.1, 0.15) is 50.2 Å². The minimum atomic E-state index is 0. The molecule has 0 atom stereocenters. The van der Waals surface area contributed by atoms with E-state index < -0.39 is 0 Å². The molecule has 1 saturated heterocycles. The molecule has 2 N–H and O–H groups in total. The first kappa shape index (κ1) is 24.8. The van der Waals surface area contributed by atoms with Gasteiger partial charge in [0.15, 0.2) is 11.8 Å². The fraction of sp³-hybridized carbons (Fsp3) is 0.800. The van der Waals surface area contributed by atoms with Crippen LogP contribution in [0.25, 0.3) is 0 Å². The van der Waals surface area contributed by atoms with E-state index >= 15 is 0 Å². The third-order valence-corrected chi connectivity index (χ3v) is 6.04. The van der Waals surface area contributed by atoms with Crippen molar-refractivity contribution in [3.63, 3.8) is 0 Å². The summed E-state index contributed by atoms with van der Waals surface area (Å²) in [4.78, 5) is 20.7. The van der Waals surface area contributed by atoms with Crippen LogP contribution >= 0.6 is 24.0 Å². The summed E-state index contributed by atoms with van der Waals surface area (Å²) in [6.45, 7) is 4.82. The number of nitrogens with one attached hydrogen (secondary N) is 2. The molecule has 0 radical (unpaired) electrons. The van der Waals surface area contributed by atoms with Crippen molar-refractivity contribution >= 4 is 35.8 Å². The molecule has 30 heavy (non-hydrogen) atoms. The summed E-state index contributed by atoms with van der Waals surface area (Å²) in [6.07, 6.45) is 6.99. The highest BCUT2D eigenvalue weighted by atomic mass is 127. The lowest BCUT2D eigenvalue weighted by atomic mass is 10.1. The highest BCUT2D eigenvalue weighted by molar-refractivity contribution is 14.0. The third-order valence-electron chi connectivity index (χ3n) is 6.04. The molecule has 3 rings (SSSR count). The molecular formula is C20H37IN8O. The number of rotatable bonds is 6. The lowest BCUT2D eigenvalue weighted by Crippen LogP contribution is -2.51. The summed E-state index contributed by atoms with van der Waals surface area (Å²) < 4.78 is 1.98. The van der Waals surface area contributed by atoms with Crippen molar-refractivity contribution in [3.8, 4) is 0 Å². The van der Waals surface area contributed by atoms with E-state index in [-0.39, 0.29) is 29.9 Å². The molecule has 1 saturated carbocycles. The molecule has 1 amide bonds. The van der Waals surface area contributed by atoms with Crippen molar-refractivity contribution in [2.75, 3.05) is 33.7 Å². The van der Waals surface area contributed by atoms with Crippen molar-refractivity contribution in [2.45, 2.75) is 64.1 Å². The smallest absolute Gasteiger partial charge is 0.236 e. The summed E-state index contributed by atoms with van der Waals surface area (Å²) >= 11 is 0. The highest BCUT2D eigenvalue weighted by Crippen LogP contribution is 2.18. The van der Waals surface area contributed by atoms with Gasteiger partial charge in [-0.1, -0.05) is 12.8 Å². The Morgan fingerprint density at radius 3 is 2.23 bits per heavy atom. The van der Waals surface area contributed by atoms with Crippen molar-refractivity contribution < 1.29 is 4.79 Å². The molecule has 1 aliphatic carbocycles. The lowest BCUT2D eigenvalue weighted by Gasteiger charge is -2.33. The first-order valence-corrected chi connectivity index (χ1v) is 10.8. The Labute approximate surface area is 197 Å². The molecule has 1 aromatic heterocycles. The van der Waals surface area contributed by atoms with Crippen LogP contribution in [0.5, 0.6) is 0 Å². The summed E-state index contributed by atoms with van der Waals surface area (Å²) in [5, 5.41) is 15.6. The molecule has 0 aromatic carbocycles. The number of hydrogen-bond acceptors (Lipinski definition) is 5. The normalized spacial score (nSPS) is 18.9. The SMILES string of the molecule is Cc1nnc(CN=C(NC2CCCC2)NC2CCN(CC(=O)N(C)C)CC2)n1C.I. The van der Waals surface area contributed by atoms with Crippen LogP contribution < -0.4 is 10.6 Å². The Morgan fingerprint density at radius 2 is 1.70 bits per heavy atom. The summed E-state index contributed by atoms with van der Waals surface area (Å²) in [6, 6.07) is 0.870. The van der Waals surface area contributed by atoms with E-state index in [0.29, 0.717) is 25.2 Å². The second-order valence-corrected chi connectivity index (χ2v) is 8.50. The predicted octanol–water partition coefficient (Wildman–Crippen LogP) is 1.27. The summed E-state index contributed by atoms with van der Waals surface area (Å²) in [5.41, 5.74) is 0. The van der Waals surface area contributed by atoms with E-state index in [1.54, 1.807) is 4.90 Å². The Kier molecular flexibility index (Phi) is 9.79. The summed E-state index contributed by atoms with van der Waals surface area (Å²) in [7, 11) is 5.60. The zero-order chi connectivity index (χ0) is 20.8. The van der Waals surface area contributed by atoms with Crippen LogP contribution in [0, 0.1) is 6.92 Å². The van der Waals surface area contributed by atoms with E-state index in [2.05, 4.69) is 25.7 Å². The second kappa shape index (κ2) is 11.8. The van der Waals surface area contributed by atoms with Crippen molar-refractivity contribution in [3.05, 3.63) is 11.6 Å². The molecule has 2 aliphatic rings. The van der Waals surface area contributed by atoms with Crippen molar-refractivity contribution in [2.24, 2.45) is 12.0 Å². The molecule has 2 fully saturated rings. The van der Waals surface area contributed by atoms with E-state index in [0.717, 1.165) is 43.5 Å². The van der Waals surface area contributed by atoms with Crippen molar-refractivity contribution in [1.29, 1.82) is 0 Å². The topological polar surface area (TPSA) is 90.7 Å². The average molecular weight is 532 g/mol. The number of carbonyl (C=O) groups excluding carboxylic acids is 1. The zero-order valence-corrected chi connectivity index (χ0v) is 21.1. The number of carbonyl (C=O) groups is 1. The number of aromatic nitrogens is 3. The maximum atomic E-state index is 11.9. The number of aryl methyl sites for hydroxylation is 1. The van der Waals surface area contributed by atoms with Gasteiger partial charge >= 0.3 is 0 Å². The lowest BCUT2D eigenvalue weighted by molar-refractivity contribution is -0.130. The van der Waals surface area contributed by atoms with Gasteiger partial charge in [-0.2, -0.15) is 0 Å². The van der Waals surface area contributed by atoms with Gasteiger partial charge in [0.25, 0.3) is 0 Å². The fourth-order valence-electron chi connectivity index (χ4n) is 3.90. The van der Waals surface area contributed by atoms with Crippen molar-refractivity contribution in [1.82, 2.24) is 35.2 Å². The molecule has 2 heterocycles. The van der Waals surface area contributed by atoms with Crippen LogP contribution in [0.15, 0.2) is 4.99 Å². The Hall–Kier alpha value is -1.43. The first-order chi connectivity index (χ1) is 13.9. The van der Waals surface area contributed by atoms with Gasteiger partial charge in [-0.15, -0.1) is 34.2 Å². The van der Waals surface area contributed by atoms with Crippen LogP contribution in [0.4, 0.5) is 0 Å². The van der Waals surface area contributed by atoms with Crippen LogP contribution in [0.2, 0.25) is 0 Å². The number of halogens is 1. The summed E-state index contributed by atoms with van der Waals surface area (Å²) in [5.74, 6) is 2.81. The third kappa shape index (κ3) is 7.07. The van der Waals surface area contributed by atoms with Gasteiger partial charge in [0, 0.05) is 46.3 Å². The van der Waals surface area contributed by atoms with Gasteiger partial charge in [0.05, 0.1) is 6.54 Å². The number of hydrogen-bond donors (Lipinski definition) is 2. The quantitative estimate of drug-likeness (QED) is 0.326. The number of likely N-dealkylation sites (tertiary alicyclic amines) is 1. The number of piperidine rings is 1. The highest BCUT2D eigenvalue weighted by Gasteiger charge is 2.23. The molecule has 1 aromatic rings. The van der Waals surface area contributed by atoms with Gasteiger partial charge in [-0.05, 0) is 32.6 Å². The Morgan fingerprint density at radius 1 is 1.10 bits per heavy atom. The molecule has 0 spiro atoms. The average Bonchev–Trinajstić information content (AvgIpc) is 3.32. The number of aliphatic imine (C=N–C) groups is 1. The van der Waals surface area contributed by atoms with Crippen LogP contribution in [-0.4, -0.2) is 82.2 Å². The molecular weight excluding hydrogens is 495 g/mol. The monoisotopic (exact) mass is 532 g/mol. The zero-order valence-electron chi connectivity index (χ0n) is 18.7. The van der Waals surface area contributed by atoms with Gasteiger partial charge < -0.3 is 20.1 Å². The van der Waals surface area contributed by atoms with Crippen LogP contribution in [0.3, 0.4) is 0 Å². The minimum Gasteiger partial charge on any atom is -0.354 e. The Bertz CT molecular complexity index is 706. The number of nitrogens with zero attached hydrogens (tertiary/aromatic N) is 6. The standard InChI is InChI=1S/C20H36N8O.HI/c1-15-24-25-18(27(15)4)13-21-20(22-16-7-5-6-8-16)23-17-9-11-28(12-10-17)14-19(29)26(2)3;/h16-17H,5-14H2,1-4H3,(H2,21,22,23);1H. The fourth-order valence-corrected chi connectivity index (χ4v) is 3.90. The molecule has 170 valence electrons. The predicted molar refractivity (Wildman–Crippen MR) is 129 cm³/mol. The van der Waals surface area contributed by atoms with E-state index in [1.165, 1.54) is 25.7 Å². The van der Waals surface area contributed by atoms with E-state index in [1.807, 2.05) is 32.6 Å². The van der Waals surface area contributed by atoms with Gasteiger partial charge in [0.2, 0.25) is 5.91 Å². The maximum Gasteiger partial charge on any atom is 0.236 e. The van der Waals surface area contributed by atoms with Gasteiger partial charge in [0.1, 0.15) is 12.4 Å². The van der Waals surface area contributed by atoms with E-state index in [9.17, 15) is 4.79 Å². The first-order valence-electron chi connectivity index (χ1n) is 10.8. The van der Waals surface area contributed by atoms with Gasteiger partial charge in [-0.3, -0.25) is 9.69 Å². The number of likely N-dealkylation sites (N-methyl/N-ethyl adjacent to an activating group) is 1. The number of amides is 1. The molecule has 9 nitrogen and oxygen atoms in total. The molecule has 10 heteroatoms. The molecule has 0 unspecified atom stereocenters. The number of guanidine groups is 1. The van der Waals surface area contributed by atoms with Crippen LogP contribution in [-0.2, 0) is 18.4 Å². The Balaban J connectivity index is 0.00000320. The molecule has 1 aliphatic heterocycles. The van der Waals surface area contributed by atoms with E-state index in [4.69, 9.17) is 4.99 Å². The minimum absolute atomic E-state index is 0. The largest absolute Gasteiger partial charge is 0.354 e. The second-order valence-electron chi connectivity index (χ2n) is 8.50. The van der Waals surface area contributed by atoms with Gasteiger partial charge in [-0.25, -0.2) is 4.99 Å². The molecule has 0 bridgehead atoms. The maximum absolute atomic E-state index is 11.9.